The number of rotatable bonds is 5. The van der Waals surface area contributed by atoms with Crippen LogP contribution in [0, 0.1) is 0 Å². The van der Waals surface area contributed by atoms with Crippen LogP contribution in [-0.4, -0.2) is 6.61 Å². The number of ether oxygens (including phenoxy) is 2. The minimum absolute atomic E-state index is 0.528. The molecule has 3 heteroatoms. The van der Waals surface area contributed by atoms with Crippen molar-refractivity contribution in [3.63, 3.8) is 0 Å². The van der Waals surface area contributed by atoms with Gasteiger partial charge in [-0.25, -0.2) is 0 Å². The average Bonchev–Trinajstić information content (AvgIpc) is 2.92. The third kappa shape index (κ3) is 3.02. The molecule has 3 rings (SSSR count). The number of benzene rings is 2. The summed E-state index contributed by atoms with van der Waals surface area (Å²) in [6.45, 7) is 2.53. The second kappa shape index (κ2) is 5.92. The second-order valence-corrected chi connectivity index (χ2v) is 5.11. The van der Waals surface area contributed by atoms with Gasteiger partial charge in [-0.15, -0.1) is 0 Å². The van der Waals surface area contributed by atoms with E-state index in [1.54, 1.807) is 0 Å². The molecular weight excluding hydrogens is 262 g/mol. The molecule has 1 aliphatic rings. The molecule has 108 valence electrons. The molecule has 0 aliphatic carbocycles. The van der Waals surface area contributed by atoms with Gasteiger partial charge < -0.3 is 14.8 Å². The molecule has 1 atom stereocenters. The highest BCUT2D eigenvalue weighted by atomic mass is 16.5. The summed E-state index contributed by atoms with van der Waals surface area (Å²) < 4.78 is 11.8. The molecule has 0 fully saturated rings. The first-order chi connectivity index (χ1) is 10.3. The lowest BCUT2D eigenvalue weighted by atomic mass is 10.00. The quantitative estimate of drug-likeness (QED) is 0.904. The molecule has 0 amide bonds. The highest BCUT2D eigenvalue weighted by molar-refractivity contribution is 5.26. The van der Waals surface area contributed by atoms with Crippen molar-refractivity contribution >= 4 is 0 Å². The van der Waals surface area contributed by atoms with Gasteiger partial charge in [0.15, 0.2) is 0 Å². The Balaban J connectivity index is 1.70. The topological polar surface area (TPSA) is 30.5 Å². The van der Waals surface area contributed by atoms with Crippen LogP contribution in [0.15, 0.2) is 72.6 Å². The lowest BCUT2D eigenvalue weighted by molar-refractivity contribution is -0.0140. The highest BCUT2D eigenvalue weighted by Gasteiger charge is 2.37. The van der Waals surface area contributed by atoms with E-state index >= 15 is 0 Å². The Bertz CT molecular complexity index is 610. The molecular formula is C18H19NO2. The maximum Gasteiger partial charge on any atom is 0.209 e. The van der Waals surface area contributed by atoms with E-state index in [-0.39, 0.29) is 0 Å². The van der Waals surface area contributed by atoms with Gasteiger partial charge in [0.05, 0.1) is 6.61 Å². The van der Waals surface area contributed by atoms with Crippen molar-refractivity contribution < 1.29 is 9.47 Å². The SMILES string of the molecule is CC1=CNC(CCOc2ccccc2)(c2ccccc2)O1. The molecule has 2 aromatic carbocycles. The summed E-state index contributed by atoms with van der Waals surface area (Å²) >= 11 is 0. The van der Waals surface area contributed by atoms with E-state index in [9.17, 15) is 0 Å². The largest absolute Gasteiger partial charge is 0.493 e. The van der Waals surface area contributed by atoms with Crippen molar-refractivity contribution in [2.24, 2.45) is 0 Å². The number of hydrogen-bond acceptors (Lipinski definition) is 3. The van der Waals surface area contributed by atoms with E-state index in [1.807, 2.05) is 61.7 Å². The Morgan fingerprint density at radius 2 is 1.67 bits per heavy atom. The van der Waals surface area contributed by atoms with Crippen LogP contribution in [0.4, 0.5) is 0 Å². The predicted octanol–water partition coefficient (Wildman–Crippen LogP) is 3.79. The summed E-state index contributed by atoms with van der Waals surface area (Å²) in [5, 5.41) is 3.36. The predicted molar refractivity (Wildman–Crippen MR) is 82.7 cm³/mol. The van der Waals surface area contributed by atoms with Crippen molar-refractivity contribution in [2.75, 3.05) is 6.61 Å². The average molecular weight is 281 g/mol. The van der Waals surface area contributed by atoms with Crippen LogP contribution in [0.2, 0.25) is 0 Å². The van der Waals surface area contributed by atoms with Crippen LogP contribution in [-0.2, 0) is 10.5 Å². The van der Waals surface area contributed by atoms with Crippen molar-refractivity contribution in [3.8, 4) is 5.75 Å². The fraction of sp³-hybridized carbons (Fsp3) is 0.222. The molecule has 0 saturated carbocycles. The zero-order valence-electron chi connectivity index (χ0n) is 12.1. The third-order valence-electron chi connectivity index (χ3n) is 3.55. The maximum atomic E-state index is 6.04. The summed E-state index contributed by atoms with van der Waals surface area (Å²) in [7, 11) is 0. The molecule has 0 aromatic heterocycles. The number of nitrogens with one attached hydrogen (secondary N) is 1. The first kappa shape index (κ1) is 13.6. The van der Waals surface area contributed by atoms with Gasteiger partial charge in [0.1, 0.15) is 11.5 Å². The van der Waals surface area contributed by atoms with Gasteiger partial charge in [-0.3, -0.25) is 0 Å². The summed E-state index contributed by atoms with van der Waals surface area (Å²) in [5.74, 6) is 1.77. The first-order valence-corrected chi connectivity index (χ1v) is 7.15. The van der Waals surface area contributed by atoms with Gasteiger partial charge in [0.2, 0.25) is 5.72 Å². The van der Waals surface area contributed by atoms with Crippen LogP contribution < -0.4 is 10.1 Å². The minimum Gasteiger partial charge on any atom is -0.493 e. The molecule has 1 N–H and O–H groups in total. The summed E-state index contributed by atoms with van der Waals surface area (Å²) in [4.78, 5) is 0. The van der Waals surface area contributed by atoms with E-state index < -0.39 is 5.72 Å². The van der Waals surface area contributed by atoms with Gasteiger partial charge in [-0.1, -0.05) is 48.5 Å². The maximum absolute atomic E-state index is 6.04. The Morgan fingerprint density at radius 3 is 2.29 bits per heavy atom. The Morgan fingerprint density at radius 1 is 1.00 bits per heavy atom. The van der Waals surface area contributed by atoms with E-state index in [2.05, 4.69) is 17.4 Å². The Labute approximate surface area is 125 Å². The summed E-state index contributed by atoms with van der Waals surface area (Å²) in [6, 6.07) is 20.0. The standard InChI is InChI=1S/C18H19NO2/c1-15-14-19-18(21-15,16-8-4-2-5-9-16)12-13-20-17-10-6-3-7-11-17/h2-11,14,19H,12-13H2,1H3. The smallest absolute Gasteiger partial charge is 0.209 e. The van der Waals surface area contributed by atoms with Gasteiger partial charge in [0.25, 0.3) is 0 Å². The van der Waals surface area contributed by atoms with Crippen molar-refractivity contribution in [1.82, 2.24) is 5.32 Å². The van der Waals surface area contributed by atoms with Crippen molar-refractivity contribution in [2.45, 2.75) is 19.1 Å². The molecule has 1 aliphatic heterocycles. The molecule has 1 heterocycles. The molecule has 0 saturated heterocycles. The number of allylic oxidation sites excluding steroid dienone is 1. The second-order valence-electron chi connectivity index (χ2n) is 5.11. The lowest BCUT2D eigenvalue weighted by Crippen LogP contribution is -2.39. The van der Waals surface area contributed by atoms with Gasteiger partial charge >= 0.3 is 0 Å². The van der Waals surface area contributed by atoms with Crippen LogP contribution in [0.25, 0.3) is 0 Å². The van der Waals surface area contributed by atoms with E-state index in [0.717, 1.165) is 23.5 Å². The van der Waals surface area contributed by atoms with Crippen molar-refractivity contribution in [1.29, 1.82) is 0 Å². The van der Waals surface area contributed by atoms with E-state index in [0.29, 0.717) is 6.61 Å². The van der Waals surface area contributed by atoms with Gasteiger partial charge in [-0.2, -0.15) is 0 Å². The van der Waals surface area contributed by atoms with Crippen LogP contribution in [0.3, 0.4) is 0 Å². The molecule has 0 radical (unpaired) electrons. The number of hydrogen-bond donors (Lipinski definition) is 1. The fourth-order valence-electron chi connectivity index (χ4n) is 2.50. The monoisotopic (exact) mass is 281 g/mol. The zero-order valence-corrected chi connectivity index (χ0v) is 12.1. The molecule has 0 spiro atoms. The fourth-order valence-corrected chi connectivity index (χ4v) is 2.50. The van der Waals surface area contributed by atoms with Crippen LogP contribution >= 0.6 is 0 Å². The molecule has 21 heavy (non-hydrogen) atoms. The van der Waals surface area contributed by atoms with E-state index in [4.69, 9.17) is 9.47 Å². The minimum atomic E-state index is -0.528. The zero-order chi connectivity index (χ0) is 14.5. The highest BCUT2D eigenvalue weighted by Crippen LogP contribution is 2.33. The van der Waals surface area contributed by atoms with Crippen LogP contribution in [0.1, 0.15) is 18.9 Å². The Hall–Kier alpha value is -2.42. The number of para-hydroxylation sites is 1. The third-order valence-corrected chi connectivity index (χ3v) is 3.55. The van der Waals surface area contributed by atoms with Gasteiger partial charge in [-0.05, 0) is 19.1 Å². The lowest BCUT2D eigenvalue weighted by Gasteiger charge is -2.30. The normalized spacial score (nSPS) is 20.3. The molecule has 0 bridgehead atoms. The molecule has 2 aromatic rings. The summed E-state index contributed by atoms with van der Waals surface area (Å²) in [6.07, 6.45) is 2.63. The summed E-state index contributed by atoms with van der Waals surface area (Å²) in [5.41, 5.74) is 0.579. The molecule has 3 nitrogen and oxygen atoms in total. The van der Waals surface area contributed by atoms with E-state index in [1.165, 1.54) is 0 Å². The van der Waals surface area contributed by atoms with Crippen molar-refractivity contribution in [3.05, 3.63) is 78.2 Å². The first-order valence-electron chi connectivity index (χ1n) is 7.15. The Kier molecular flexibility index (Phi) is 3.82. The van der Waals surface area contributed by atoms with Gasteiger partial charge in [0, 0.05) is 18.2 Å². The molecule has 1 unspecified atom stereocenters. The van der Waals surface area contributed by atoms with Crippen LogP contribution in [0.5, 0.6) is 5.75 Å².